The van der Waals surface area contributed by atoms with Crippen LogP contribution in [0.25, 0.3) is 0 Å². The van der Waals surface area contributed by atoms with Crippen molar-refractivity contribution in [1.29, 1.82) is 0 Å². The van der Waals surface area contributed by atoms with E-state index in [-0.39, 0.29) is 0 Å². The molecule has 0 aliphatic rings. The molecule has 6 nitrogen and oxygen atoms in total. The van der Waals surface area contributed by atoms with Gasteiger partial charge in [0.2, 0.25) is 6.17 Å². The van der Waals surface area contributed by atoms with Gasteiger partial charge in [0.05, 0.1) is 0 Å². The summed E-state index contributed by atoms with van der Waals surface area (Å²) in [4.78, 5) is 29.0. The van der Waals surface area contributed by atoms with Crippen LogP contribution in [0.4, 0.5) is 79.0 Å². The number of amides is 1. The number of benzene rings is 1. The Morgan fingerprint density at radius 2 is 1.09 bits per heavy atom. The molecule has 25 heteroatoms. The third kappa shape index (κ3) is 6.95. The minimum absolute atomic E-state index is 0.546. The monoisotopic (exact) mass is 709 g/mol. The van der Waals surface area contributed by atoms with Gasteiger partial charge in [-0.2, -0.15) is 74.6 Å². The standard InChI is InChI=1S/C19H14F18NO5P/c20-10(8-2-4-9(5-3-8)43-44(40,41)42)11(39)38-7-1-6-12(21,22)13(23,24)14(25,26)15(27,28)16(29,30)17(31,32)18(33,34)19(35,36)37/h2-5,10H,1,6-7H2,(H,38,39)(H2,40,41,42). The third-order valence-corrected chi connectivity index (χ3v) is 5.83. The van der Waals surface area contributed by atoms with Crippen molar-refractivity contribution >= 4 is 13.7 Å². The first-order chi connectivity index (χ1) is 19.2. The number of alkyl halides is 18. The quantitative estimate of drug-likeness (QED) is 0.109. The zero-order valence-electron chi connectivity index (χ0n) is 20.4. The number of halogens is 18. The van der Waals surface area contributed by atoms with E-state index in [0.717, 1.165) is 12.1 Å². The number of hydrogen-bond acceptors (Lipinski definition) is 3. The molecule has 1 aromatic rings. The molecule has 44 heavy (non-hydrogen) atoms. The molecule has 0 aliphatic carbocycles. The van der Waals surface area contributed by atoms with Crippen molar-refractivity contribution < 1.29 is 103 Å². The Labute approximate surface area is 231 Å². The largest absolute Gasteiger partial charge is 0.524 e. The van der Waals surface area contributed by atoms with Crippen LogP contribution in [0.15, 0.2) is 24.3 Å². The van der Waals surface area contributed by atoms with E-state index >= 15 is 0 Å². The van der Waals surface area contributed by atoms with Crippen molar-refractivity contribution in [3.63, 3.8) is 0 Å². The minimum atomic E-state index is -8.74. The molecule has 0 aromatic heterocycles. The highest BCUT2D eigenvalue weighted by atomic mass is 31.2. The molecule has 0 aliphatic heterocycles. The first-order valence-electron chi connectivity index (χ1n) is 10.7. The number of phosphoric acid groups is 1. The number of nitrogens with one attached hydrogen (secondary N) is 1. The SMILES string of the molecule is O=C(NCCCC(F)(F)C(F)(F)C(F)(F)C(F)(F)C(F)(F)C(F)(F)C(F)(F)C(F)(F)F)C(F)c1ccc(OP(=O)(O)O)cc1. The van der Waals surface area contributed by atoms with Crippen LogP contribution in [-0.4, -0.2) is 69.9 Å². The maximum absolute atomic E-state index is 14.2. The van der Waals surface area contributed by atoms with Crippen LogP contribution in [0.3, 0.4) is 0 Å². The summed E-state index contributed by atoms with van der Waals surface area (Å²) in [5.41, 5.74) is -0.617. The van der Waals surface area contributed by atoms with Crippen molar-refractivity contribution in [3.8, 4) is 5.75 Å². The summed E-state index contributed by atoms with van der Waals surface area (Å²) in [6.07, 6.45) is -15.1. The minimum Gasteiger partial charge on any atom is -0.404 e. The van der Waals surface area contributed by atoms with E-state index in [1.165, 1.54) is 5.32 Å². The van der Waals surface area contributed by atoms with E-state index in [0.29, 0.717) is 12.1 Å². The van der Waals surface area contributed by atoms with Crippen molar-refractivity contribution in [2.75, 3.05) is 6.54 Å². The Hall–Kier alpha value is -2.62. The lowest BCUT2D eigenvalue weighted by Crippen LogP contribution is -2.74. The van der Waals surface area contributed by atoms with Crippen molar-refractivity contribution in [2.45, 2.75) is 66.6 Å². The summed E-state index contributed by atoms with van der Waals surface area (Å²) in [6.45, 7) is -1.39. The molecule has 0 radical (unpaired) electrons. The molecule has 256 valence electrons. The molecule has 0 heterocycles. The molecule has 0 bridgehead atoms. The van der Waals surface area contributed by atoms with Gasteiger partial charge in [0, 0.05) is 13.0 Å². The van der Waals surface area contributed by atoms with E-state index in [4.69, 9.17) is 9.79 Å². The lowest BCUT2D eigenvalue weighted by molar-refractivity contribution is -0.461. The van der Waals surface area contributed by atoms with Gasteiger partial charge < -0.3 is 9.84 Å². The summed E-state index contributed by atoms with van der Waals surface area (Å²) >= 11 is 0. The predicted octanol–water partition coefficient (Wildman–Crippen LogP) is 7.07. The molecule has 1 atom stereocenters. The Morgan fingerprint density at radius 1 is 0.705 bits per heavy atom. The summed E-state index contributed by atoms with van der Waals surface area (Å²) in [7, 11) is -5.06. The highest BCUT2D eigenvalue weighted by Gasteiger charge is 2.95. The van der Waals surface area contributed by atoms with Gasteiger partial charge in [-0.05, 0) is 24.1 Å². The molecular formula is C19H14F18NO5P. The number of carbonyl (C=O) groups is 1. The van der Waals surface area contributed by atoms with Crippen LogP contribution in [0, 0.1) is 0 Å². The highest BCUT2D eigenvalue weighted by molar-refractivity contribution is 7.46. The molecular weight excluding hydrogens is 695 g/mol. The maximum atomic E-state index is 14.2. The molecule has 1 amide bonds. The van der Waals surface area contributed by atoms with Crippen LogP contribution in [0.2, 0.25) is 0 Å². The zero-order chi connectivity index (χ0) is 35.2. The van der Waals surface area contributed by atoms with Crippen LogP contribution >= 0.6 is 7.82 Å². The first-order valence-corrected chi connectivity index (χ1v) is 12.2. The van der Waals surface area contributed by atoms with Gasteiger partial charge in [0.25, 0.3) is 5.91 Å². The number of rotatable bonds is 14. The molecule has 1 aromatic carbocycles. The van der Waals surface area contributed by atoms with Gasteiger partial charge in [-0.25, -0.2) is 8.96 Å². The molecule has 0 saturated heterocycles. The lowest BCUT2D eigenvalue weighted by Gasteiger charge is -2.42. The summed E-state index contributed by atoms with van der Waals surface area (Å²) in [5.74, 6) is -59.6. The summed E-state index contributed by atoms with van der Waals surface area (Å²) < 4.78 is 254. The average molecular weight is 709 g/mol. The van der Waals surface area contributed by atoms with Gasteiger partial charge in [-0.15, -0.1) is 0 Å². The topological polar surface area (TPSA) is 95.9 Å². The molecule has 3 N–H and O–H groups in total. The number of phosphoric ester groups is 1. The fourth-order valence-electron chi connectivity index (χ4n) is 2.95. The van der Waals surface area contributed by atoms with Crippen molar-refractivity contribution in [2.24, 2.45) is 0 Å². The first kappa shape index (κ1) is 39.4. The number of carbonyl (C=O) groups excluding carboxylic acids is 1. The smallest absolute Gasteiger partial charge is 0.404 e. The van der Waals surface area contributed by atoms with E-state index < -0.39 is 98.2 Å². The van der Waals surface area contributed by atoms with Gasteiger partial charge in [0.15, 0.2) is 0 Å². The average Bonchev–Trinajstić information content (AvgIpc) is 2.84. The van der Waals surface area contributed by atoms with Gasteiger partial charge >= 0.3 is 55.5 Å². The second kappa shape index (κ2) is 12.0. The van der Waals surface area contributed by atoms with E-state index in [1.807, 2.05) is 0 Å². The van der Waals surface area contributed by atoms with E-state index in [1.54, 1.807) is 0 Å². The third-order valence-electron chi connectivity index (χ3n) is 5.38. The van der Waals surface area contributed by atoms with Crippen LogP contribution in [0.1, 0.15) is 24.6 Å². The van der Waals surface area contributed by atoms with E-state index in [9.17, 15) is 88.4 Å². The molecule has 1 unspecified atom stereocenters. The van der Waals surface area contributed by atoms with Crippen molar-refractivity contribution in [1.82, 2.24) is 5.32 Å². The molecule has 1 rings (SSSR count). The second-order valence-corrected chi connectivity index (χ2v) is 9.72. The van der Waals surface area contributed by atoms with Crippen LogP contribution < -0.4 is 9.84 Å². The molecule has 0 spiro atoms. The van der Waals surface area contributed by atoms with Gasteiger partial charge in [-0.1, -0.05) is 12.1 Å². The Kier molecular flexibility index (Phi) is 10.7. The second-order valence-electron chi connectivity index (χ2n) is 8.56. The van der Waals surface area contributed by atoms with Crippen molar-refractivity contribution in [3.05, 3.63) is 29.8 Å². The van der Waals surface area contributed by atoms with Crippen LogP contribution in [0.5, 0.6) is 5.75 Å². The van der Waals surface area contributed by atoms with Gasteiger partial charge in [0.1, 0.15) is 5.75 Å². The Bertz CT molecular complexity index is 1210. The number of hydrogen-bond donors (Lipinski definition) is 3. The summed E-state index contributed by atoms with van der Waals surface area (Å²) in [5, 5.41) is 1.41. The normalized spacial score (nSPS) is 15.6. The zero-order valence-corrected chi connectivity index (χ0v) is 21.3. The van der Waals surface area contributed by atoms with Crippen LogP contribution in [-0.2, 0) is 9.36 Å². The predicted molar refractivity (Wildman–Crippen MR) is 106 cm³/mol. The van der Waals surface area contributed by atoms with E-state index in [2.05, 4.69) is 4.52 Å². The Balaban J connectivity index is 3.06. The van der Waals surface area contributed by atoms with Gasteiger partial charge in [-0.3, -0.25) is 14.6 Å². The molecule has 0 fully saturated rings. The fourth-order valence-corrected chi connectivity index (χ4v) is 3.35. The highest BCUT2D eigenvalue weighted by Crippen LogP contribution is 2.64. The fraction of sp³-hybridized carbons (Fsp3) is 0.632. The Morgan fingerprint density at radius 3 is 1.48 bits per heavy atom. The summed E-state index contributed by atoms with van der Waals surface area (Å²) in [6, 6.07) is 2.82. The lowest BCUT2D eigenvalue weighted by atomic mass is 9.88. The molecule has 0 saturated carbocycles. The maximum Gasteiger partial charge on any atom is 0.524 e.